The largest absolute Gasteiger partial charge is 0.494 e. The molecule has 1 aromatic rings. The lowest BCUT2D eigenvalue weighted by atomic mass is 10.2. The average molecular weight is 188 g/mol. The maximum absolute atomic E-state index is 12.9. The molecule has 0 heterocycles. The quantitative estimate of drug-likeness (QED) is 0.767. The topological polar surface area (TPSA) is 46.5 Å². The van der Waals surface area contributed by atoms with E-state index in [1.54, 1.807) is 0 Å². The van der Waals surface area contributed by atoms with Crippen LogP contribution < -0.4 is 4.74 Å². The zero-order chi connectivity index (χ0) is 10.0. The van der Waals surface area contributed by atoms with Crippen molar-refractivity contribution < 1.29 is 23.4 Å². The first-order chi connectivity index (χ1) is 6.07. The molecule has 1 N–H and O–H groups in total. The maximum atomic E-state index is 12.9. The van der Waals surface area contributed by atoms with Crippen molar-refractivity contribution in [2.24, 2.45) is 0 Å². The molecule has 0 spiro atoms. The van der Waals surface area contributed by atoms with Gasteiger partial charge in [0, 0.05) is 0 Å². The Balaban J connectivity index is 3.31. The van der Waals surface area contributed by atoms with E-state index in [0.29, 0.717) is 0 Å². The van der Waals surface area contributed by atoms with Crippen LogP contribution in [-0.2, 0) is 0 Å². The van der Waals surface area contributed by atoms with Crippen LogP contribution in [0.5, 0.6) is 5.75 Å². The Hall–Kier alpha value is -1.65. The molecule has 70 valence electrons. The molecule has 5 heteroatoms. The lowest BCUT2D eigenvalue weighted by Gasteiger charge is -2.03. The Morgan fingerprint density at radius 2 is 2.00 bits per heavy atom. The highest BCUT2D eigenvalue weighted by Gasteiger charge is 2.17. The molecule has 0 saturated heterocycles. The molecule has 1 aromatic carbocycles. The van der Waals surface area contributed by atoms with Crippen molar-refractivity contribution in [2.75, 3.05) is 7.11 Å². The molecule has 0 radical (unpaired) electrons. The first-order valence-electron chi connectivity index (χ1n) is 3.33. The summed E-state index contributed by atoms with van der Waals surface area (Å²) < 4.78 is 30.2. The normalized spacial score (nSPS) is 9.77. The number of aromatic carboxylic acids is 1. The number of methoxy groups -OCH3 is 1. The lowest BCUT2D eigenvalue weighted by Crippen LogP contribution is -2.03. The van der Waals surface area contributed by atoms with Gasteiger partial charge in [-0.05, 0) is 12.1 Å². The minimum absolute atomic E-state index is 0.317. The van der Waals surface area contributed by atoms with E-state index in [9.17, 15) is 13.6 Å². The summed E-state index contributed by atoms with van der Waals surface area (Å²) in [5.41, 5.74) is -0.710. The Kier molecular flexibility index (Phi) is 2.46. The molecule has 0 atom stereocenters. The summed E-state index contributed by atoms with van der Waals surface area (Å²) in [5, 5.41) is 8.41. The van der Waals surface area contributed by atoms with E-state index in [1.165, 1.54) is 0 Å². The van der Waals surface area contributed by atoms with Gasteiger partial charge in [0.25, 0.3) is 0 Å². The third-order valence-corrected chi connectivity index (χ3v) is 1.50. The van der Waals surface area contributed by atoms with Crippen LogP contribution in [0.3, 0.4) is 0 Å². The van der Waals surface area contributed by atoms with Crippen LogP contribution in [-0.4, -0.2) is 18.2 Å². The van der Waals surface area contributed by atoms with Crippen molar-refractivity contribution in [1.82, 2.24) is 0 Å². The van der Waals surface area contributed by atoms with Crippen LogP contribution in [0, 0.1) is 11.6 Å². The van der Waals surface area contributed by atoms with Gasteiger partial charge >= 0.3 is 5.97 Å². The molecule has 0 unspecified atom stereocenters. The van der Waals surface area contributed by atoms with Gasteiger partial charge in [-0.25, -0.2) is 9.18 Å². The fourth-order valence-corrected chi connectivity index (χ4v) is 0.855. The zero-order valence-corrected chi connectivity index (χ0v) is 6.67. The first-order valence-corrected chi connectivity index (χ1v) is 3.33. The van der Waals surface area contributed by atoms with Gasteiger partial charge in [0.1, 0.15) is 0 Å². The van der Waals surface area contributed by atoms with Crippen molar-refractivity contribution in [3.8, 4) is 5.75 Å². The molecule has 13 heavy (non-hydrogen) atoms. The summed E-state index contributed by atoms with van der Waals surface area (Å²) >= 11 is 0. The molecular weight excluding hydrogens is 182 g/mol. The van der Waals surface area contributed by atoms with E-state index in [2.05, 4.69) is 4.74 Å². The van der Waals surface area contributed by atoms with Crippen molar-refractivity contribution in [1.29, 1.82) is 0 Å². The Morgan fingerprint density at radius 1 is 1.38 bits per heavy atom. The number of carbonyl (C=O) groups is 1. The number of benzene rings is 1. The fraction of sp³-hybridized carbons (Fsp3) is 0.125. The van der Waals surface area contributed by atoms with Crippen LogP contribution in [0.4, 0.5) is 8.78 Å². The minimum atomic E-state index is -1.51. The van der Waals surface area contributed by atoms with E-state index < -0.39 is 23.2 Å². The molecule has 0 fully saturated rings. The van der Waals surface area contributed by atoms with E-state index in [-0.39, 0.29) is 5.75 Å². The van der Waals surface area contributed by atoms with Gasteiger partial charge < -0.3 is 9.84 Å². The number of ether oxygens (including phenoxy) is 1. The third-order valence-electron chi connectivity index (χ3n) is 1.50. The second kappa shape index (κ2) is 3.38. The minimum Gasteiger partial charge on any atom is -0.494 e. The molecular formula is C8H6F2O3. The van der Waals surface area contributed by atoms with Crippen molar-refractivity contribution in [3.63, 3.8) is 0 Å². The zero-order valence-electron chi connectivity index (χ0n) is 6.67. The predicted octanol–water partition coefficient (Wildman–Crippen LogP) is 1.67. The van der Waals surface area contributed by atoms with Gasteiger partial charge in [-0.2, -0.15) is 4.39 Å². The van der Waals surface area contributed by atoms with Gasteiger partial charge in [-0.15, -0.1) is 0 Å². The number of carboxylic acids is 1. The molecule has 0 aliphatic carbocycles. The smallest absolute Gasteiger partial charge is 0.338 e. The van der Waals surface area contributed by atoms with Gasteiger partial charge in [0.2, 0.25) is 5.82 Å². The Bertz CT molecular complexity index is 349. The highest BCUT2D eigenvalue weighted by atomic mass is 19.2. The van der Waals surface area contributed by atoms with Crippen LogP contribution in [0.25, 0.3) is 0 Å². The van der Waals surface area contributed by atoms with E-state index in [0.717, 1.165) is 19.2 Å². The molecule has 1 rings (SSSR count). The summed E-state index contributed by atoms with van der Waals surface area (Å²) in [6, 6.07) is 2.00. The number of rotatable bonds is 2. The van der Waals surface area contributed by atoms with Crippen LogP contribution in [0.2, 0.25) is 0 Å². The standard InChI is InChI=1S/C8H6F2O3/c1-13-5-3-2-4(8(11)12)6(9)7(5)10/h2-3H,1H3,(H,11,12). The number of hydrogen-bond donors (Lipinski definition) is 1. The van der Waals surface area contributed by atoms with Gasteiger partial charge in [-0.1, -0.05) is 0 Å². The third kappa shape index (κ3) is 1.58. The predicted molar refractivity (Wildman–Crippen MR) is 39.9 cm³/mol. The van der Waals surface area contributed by atoms with E-state index in [4.69, 9.17) is 5.11 Å². The van der Waals surface area contributed by atoms with Crippen LogP contribution in [0.1, 0.15) is 10.4 Å². The molecule has 0 bridgehead atoms. The number of halogens is 2. The summed E-state index contributed by atoms with van der Waals surface area (Å²) in [7, 11) is 1.16. The number of carboxylic acid groups (broad SMARTS) is 1. The van der Waals surface area contributed by atoms with Crippen molar-refractivity contribution >= 4 is 5.97 Å². The summed E-state index contributed by atoms with van der Waals surface area (Å²) in [5.74, 6) is -4.53. The number of hydrogen-bond acceptors (Lipinski definition) is 2. The molecule has 3 nitrogen and oxygen atoms in total. The SMILES string of the molecule is COc1ccc(C(=O)O)c(F)c1F. The Morgan fingerprint density at radius 3 is 2.46 bits per heavy atom. The van der Waals surface area contributed by atoms with Gasteiger partial charge in [0.05, 0.1) is 12.7 Å². The second-order valence-corrected chi connectivity index (χ2v) is 2.25. The monoisotopic (exact) mass is 188 g/mol. The highest BCUT2D eigenvalue weighted by molar-refractivity contribution is 5.88. The summed E-state index contributed by atoms with van der Waals surface area (Å²) in [4.78, 5) is 10.3. The van der Waals surface area contributed by atoms with Crippen LogP contribution in [0.15, 0.2) is 12.1 Å². The van der Waals surface area contributed by atoms with E-state index in [1.807, 2.05) is 0 Å². The van der Waals surface area contributed by atoms with Gasteiger partial charge in [-0.3, -0.25) is 0 Å². The summed E-state index contributed by atoms with van der Waals surface area (Å²) in [6.07, 6.45) is 0. The van der Waals surface area contributed by atoms with E-state index >= 15 is 0 Å². The fourth-order valence-electron chi connectivity index (χ4n) is 0.855. The summed E-state index contributed by atoms with van der Waals surface area (Å²) in [6.45, 7) is 0. The van der Waals surface area contributed by atoms with Crippen molar-refractivity contribution in [3.05, 3.63) is 29.3 Å². The first kappa shape index (κ1) is 9.44. The maximum Gasteiger partial charge on any atom is 0.338 e. The van der Waals surface area contributed by atoms with Crippen molar-refractivity contribution in [2.45, 2.75) is 0 Å². The molecule has 0 aliphatic rings. The Labute approximate surface area is 72.6 Å². The highest BCUT2D eigenvalue weighted by Crippen LogP contribution is 2.21. The lowest BCUT2D eigenvalue weighted by molar-refractivity contribution is 0.0690. The second-order valence-electron chi connectivity index (χ2n) is 2.25. The molecule has 0 aliphatic heterocycles. The molecule has 0 amide bonds. The van der Waals surface area contributed by atoms with Crippen LogP contribution >= 0.6 is 0 Å². The molecule has 0 aromatic heterocycles. The molecule has 0 saturated carbocycles. The average Bonchev–Trinajstić information content (AvgIpc) is 2.09. The van der Waals surface area contributed by atoms with Gasteiger partial charge in [0.15, 0.2) is 11.6 Å².